The fourth-order valence-corrected chi connectivity index (χ4v) is 4.62. The van der Waals surface area contributed by atoms with Crippen molar-refractivity contribution in [2.45, 2.75) is 51.0 Å². The molecule has 0 bridgehead atoms. The van der Waals surface area contributed by atoms with E-state index >= 15 is 0 Å². The minimum atomic E-state index is -0.183. The number of carbonyl (C=O) groups excluding carboxylic acids is 3. The maximum absolute atomic E-state index is 12.7. The van der Waals surface area contributed by atoms with Gasteiger partial charge in [-0.2, -0.15) is 0 Å². The Morgan fingerprint density at radius 1 is 0.719 bits per heavy atom. The highest BCUT2D eigenvalue weighted by molar-refractivity contribution is 6.04. The second-order valence-electron chi connectivity index (χ2n) is 8.81. The van der Waals surface area contributed by atoms with Gasteiger partial charge in [-0.3, -0.25) is 14.4 Å². The third-order valence-corrected chi connectivity index (χ3v) is 6.54. The largest absolute Gasteiger partial charge is 0.349 e. The van der Waals surface area contributed by atoms with Crippen LogP contribution in [0.2, 0.25) is 0 Å². The van der Waals surface area contributed by atoms with Gasteiger partial charge < -0.3 is 15.5 Å². The summed E-state index contributed by atoms with van der Waals surface area (Å²) in [5.41, 5.74) is 1.79. The summed E-state index contributed by atoms with van der Waals surface area (Å²) in [5.74, 6) is 0.207. The van der Waals surface area contributed by atoms with Crippen molar-refractivity contribution < 1.29 is 14.4 Å². The van der Waals surface area contributed by atoms with Gasteiger partial charge in [-0.1, -0.05) is 37.5 Å². The van der Waals surface area contributed by atoms with Gasteiger partial charge in [-0.25, -0.2) is 0 Å². The third kappa shape index (κ3) is 5.55. The zero-order valence-electron chi connectivity index (χ0n) is 18.4. The summed E-state index contributed by atoms with van der Waals surface area (Å²) in [6.45, 7) is 1.43. The minimum Gasteiger partial charge on any atom is -0.349 e. The van der Waals surface area contributed by atoms with Crippen molar-refractivity contribution in [3.63, 3.8) is 0 Å². The average Bonchev–Trinajstić information content (AvgIpc) is 2.85. The molecule has 1 saturated heterocycles. The number of nitrogens with zero attached hydrogens (tertiary/aromatic N) is 1. The monoisotopic (exact) mass is 433 g/mol. The van der Waals surface area contributed by atoms with Gasteiger partial charge >= 0.3 is 0 Å². The maximum Gasteiger partial charge on any atom is 0.255 e. The van der Waals surface area contributed by atoms with Crippen LogP contribution in [0.15, 0.2) is 54.6 Å². The van der Waals surface area contributed by atoms with Crippen LogP contribution in [-0.4, -0.2) is 41.8 Å². The predicted molar refractivity (Wildman–Crippen MR) is 124 cm³/mol. The maximum atomic E-state index is 12.7. The molecule has 0 aromatic heterocycles. The summed E-state index contributed by atoms with van der Waals surface area (Å²) in [6.07, 6.45) is 7.20. The molecular weight excluding hydrogens is 402 g/mol. The lowest BCUT2D eigenvalue weighted by molar-refractivity contribution is -0.137. The second kappa shape index (κ2) is 10.4. The van der Waals surface area contributed by atoms with Crippen molar-refractivity contribution in [2.24, 2.45) is 5.92 Å². The molecule has 0 atom stereocenters. The number of hydrogen-bond acceptors (Lipinski definition) is 3. The van der Waals surface area contributed by atoms with E-state index in [1.54, 1.807) is 36.4 Å². The molecule has 2 fully saturated rings. The first-order valence-corrected chi connectivity index (χ1v) is 11.7. The molecular formula is C26H31N3O3. The molecule has 1 aliphatic carbocycles. The summed E-state index contributed by atoms with van der Waals surface area (Å²) < 4.78 is 0. The highest BCUT2D eigenvalue weighted by Crippen LogP contribution is 2.26. The molecule has 2 N–H and O–H groups in total. The molecule has 1 heterocycles. The molecule has 2 aliphatic rings. The van der Waals surface area contributed by atoms with Crippen LogP contribution < -0.4 is 10.6 Å². The zero-order chi connectivity index (χ0) is 22.3. The summed E-state index contributed by atoms with van der Waals surface area (Å²) in [4.78, 5) is 39.6. The SMILES string of the molecule is O=C(Nc1ccc(C(=O)NC2CCN(C(=O)C3CCCCC3)CC2)cc1)c1ccccc1. The van der Waals surface area contributed by atoms with Gasteiger partial charge in [0.1, 0.15) is 0 Å². The zero-order valence-corrected chi connectivity index (χ0v) is 18.4. The first-order valence-electron chi connectivity index (χ1n) is 11.7. The average molecular weight is 434 g/mol. The van der Waals surface area contributed by atoms with E-state index in [0.717, 1.165) is 38.5 Å². The van der Waals surface area contributed by atoms with Crippen LogP contribution in [0.25, 0.3) is 0 Å². The molecule has 4 rings (SSSR count). The Morgan fingerprint density at radius 3 is 2.00 bits per heavy atom. The quantitative estimate of drug-likeness (QED) is 0.740. The van der Waals surface area contributed by atoms with E-state index in [-0.39, 0.29) is 23.8 Å². The lowest BCUT2D eigenvalue weighted by Gasteiger charge is -2.35. The third-order valence-electron chi connectivity index (χ3n) is 6.54. The van der Waals surface area contributed by atoms with Crippen molar-refractivity contribution in [3.05, 3.63) is 65.7 Å². The highest BCUT2D eigenvalue weighted by Gasteiger charge is 2.29. The fraction of sp³-hybridized carbons (Fsp3) is 0.423. The van der Waals surface area contributed by atoms with Crippen LogP contribution in [-0.2, 0) is 4.79 Å². The Balaban J connectivity index is 1.24. The van der Waals surface area contributed by atoms with Gasteiger partial charge in [0.25, 0.3) is 11.8 Å². The Morgan fingerprint density at radius 2 is 1.34 bits per heavy atom. The second-order valence-corrected chi connectivity index (χ2v) is 8.81. The van der Waals surface area contributed by atoms with E-state index in [4.69, 9.17) is 0 Å². The topological polar surface area (TPSA) is 78.5 Å². The van der Waals surface area contributed by atoms with Crippen LogP contribution in [0.3, 0.4) is 0 Å². The summed E-state index contributed by atoms with van der Waals surface area (Å²) in [7, 11) is 0. The summed E-state index contributed by atoms with van der Waals surface area (Å²) in [5, 5.41) is 5.94. The highest BCUT2D eigenvalue weighted by atomic mass is 16.2. The van der Waals surface area contributed by atoms with E-state index in [1.807, 2.05) is 23.1 Å². The van der Waals surface area contributed by atoms with Crippen molar-refractivity contribution >= 4 is 23.4 Å². The van der Waals surface area contributed by atoms with Crippen LogP contribution in [0.5, 0.6) is 0 Å². The first kappa shape index (κ1) is 22.1. The molecule has 2 aromatic rings. The molecule has 168 valence electrons. The Labute approximate surface area is 189 Å². The van der Waals surface area contributed by atoms with Crippen molar-refractivity contribution in [3.8, 4) is 0 Å². The molecule has 2 aromatic carbocycles. The Kier molecular flexibility index (Phi) is 7.20. The molecule has 32 heavy (non-hydrogen) atoms. The lowest BCUT2D eigenvalue weighted by Crippen LogP contribution is -2.48. The van der Waals surface area contributed by atoms with Crippen LogP contribution in [0, 0.1) is 5.92 Å². The number of carbonyl (C=O) groups is 3. The standard InChI is InChI=1S/C26H31N3O3/c30-24(19-7-3-1-4-8-19)27-22-13-11-20(12-14-22)25(31)28-23-15-17-29(18-16-23)26(32)21-9-5-2-6-10-21/h1,3-4,7-8,11-14,21,23H,2,5-6,9-10,15-18H2,(H,27,30)(H,28,31). The molecule has 0 radical (unpaired) electrons. The molecule has 3 amide bonds. The molecule has 0 spiro atoms. The number of rotatable bonds is 5. The van der Waals surface area contributed by atoms with Crippen molar-refractivity contribution in [1.29, 1.82) is 0 Å². The first-order chi connectivity index (χ1) is 15.6. The lowest BCUT2D eigenvalue weighted by atomic mass is 9.87. The Bertz CT molecular complexity index is 929. The van der Waals surface area contributed by atoms with Gasteiger partial charge in [-0.05, 0) is 62.1 Å². The van der Waals surface area contributed by atoms with Crippen LogP contribution in [0.4, 0.5) is 5.69 Å². The number of piperidine rings is 1. The fourth-order valence-electron chi connectivity index (χ4n) is 4.62. The van der Waals surface area contributed by atoms with Crippen LogP contribution in [0.1, 0.15) is 65.7 Å². The van der Waals surface area contributed by atoms with E-state index in [9.17, 15) is 14.4 Å². The molecule has 1 aliphatic heterocycles. The van der Waals surface area contributed by atoms with E-state index in [1.165, 1.54) is 6.42 Å². The van der Waals surface area contributed by atoms with E-state index in [2.05, 4.69) is 10.6 Å². The van der Waals surface area contributed by atoms with Gasteiger partial charge in [0.15, 0.2) is 0 Å². The number of nitrogens with one attached hydrogen (secondary N) is 2. The number of amides is 3. The number of anilines is 1. The van der Waals surface area contributed by atoms with Crippen LogP contribution >= 0.6 is 0 Å². The van der Waals surface area contributed by atoms with Crippen molar-refractivity contribution in [1.82, 2.24) is 10.2 Å². The smallest absolute Gasteiger partial charge is 0.255 e. The number of hydrogen-bond donors (Lipinski definition) is 2. The molecule has 6 nitrogen and oxygen atoms in total. The minimum absolute atomic E-state index is 0.0790. The predicted octanol–water partition coefficient (Wildman–Crippen LogP) is 4.24. The molecule has 1 saturated carbocycles. The molecule has 6 heteroatoms. The number of benzene rings is 2. The Hall–Kier alpha value is -3.15. The summed E-state index contributed by atoms with van der Waals surface area (Å²) in [6, 6.07) is 16.0. The van der Waals surface area contributed by atoms with E-state index in [0.29, 0.717) is 35.8 Å². The molecule has 0 unspecified atom stereocenters. The van der Waals surface area contributed by atoms with Gasteiger partial charge in [0.2, 0.25) is 5.91 Å². The van der Waals surface area contributed by atoms with Crippen molar-refractivity contribution in [2.75, 3.05) is 18.4 Å². The normalized spacial score (nSPS) is 17.6. The van der Waals surface area contributed by atoms with Gasteiger partial charge in [0, 0.05) is 41.9 Å². The van der Waals surface area contributed by atoms with Gasteiger partial charge in [-0.15, -0.1) is 0 Å². The van der Waals surface area contributed by atoms with Gasteiger partial charge in [0.05, 0.1) is 0 Å². The number of likely N-dealkylation sites (tertiary alicyclic amines) is 1. The summed E-state index contributed by atoms with van der Waals surface area (Å²) >= 11 is 0. The van der Waals surface area contributed by atoms with E-state index < -0.39 is 0 Å².